The molecule has 1 fully saturated rings. The molecule has 1 saturated carbocycles. The number of thioether (sulfide) groups is 1. The number of aryl methyl sites for hydroxylation is 1. The predicted octanol–water partition coefficient (Wildman–Crippen LogP) is 3.44. The highest BCUT2D eigenvalue weighted by molar-refractivity contribution is 14.0. The third-order valence-corrected chi connectivity index (χ3v) is 5.12. The zero-order chi connectivity index (χ0) is 15.8. The number of benzene rings is 1. The molecule has 4 nitrogen and oxygen atoms in total. The van der Waals surface area contributed by atoms with Crippen molar-refractivity contribution in [3.63, 3.8) is 0 Å². The molecule has 0 spiro atoms. The number of nitrogens with zero attached hydrogens (tertiary/aromatic N) is 1. The maximum atomic E-state index is 5.79. The second kappa shape index (κ2) is 11.0. The van der Waals surface area contributed by atoms with Gasteiger partial charge in [-0.3, -0.25) is 4.99 Å². The summed E-state index contributed by atoms with van der Waals surface area (Å²) in [5.41, 5.74) is 1.17. The van der Waals surface area contributed by atoms with Crippen LogP contribution in [0.1, 0.15) is 24.8 Å². The van der Waals surface area contributed by atoms with Gasteiger partial charge in [-0.25, -0.2) is 0 Å². The van der Waals surface area contributed by atoms with Gasteiger partial charge >= 0.3 is 0 Å². The fraction of sp³-hybridized carbons (Fsp3) is 0.588. The Hall–Kier alpha value is -0.630. The van der Waals surface area contributed by atoms with E-state index in [1.54, 1.807) is 0 Å². The molecule has 0 bridgehead atoms. The number of hydrogen-bond acceptors (Lipinski definition) is 3. The Morgan fingerprint density at radius 3 is 2.78 bits per heavy atom. The van der Waals surface area contributed by atoms with Crippen molar-refractivity contribution in [2.45, 2.75) is 37.5 Å². The molecule has 2 N–H and O–H groups in total. The van der Waals surface area contributed by atoms with Crippen LogP contribution >= 0.6 is 35.7 Å². The zero-order valence-electron chi connectivity index (χ0n) is 14.2. The molecule has 1 aromatic carbocycles. The highest BCUT2D eigenvalue weighted by atomic mass is 127. The minimum Gasteiger partial charge on any atom is -0.491 e. The summed E-state index contributed by atoms with van der Waals surface area (Å²) in [6, 6.07) is 8.63. The number of halogens is 1. The SMILES string of the molecule is CN=C(NCCOc1ccccc1C)NC1CCC(SC)C1.I. The number of hydrogen-bond donors (Lipinski definition) is 2. The average Bonchev–Trinajstić information content (AvgIpc) is 2.99. The van der Waals surface area contributed by atoms with Crippen molar-refractivity contribution in [3.8, 4) is 5.75 Å². The van der Waals surface area contributed by atoms with Gasteiger partial charge in [-0.2, -0.15) is 11.8 Å². The molecule has 2 rings (SSSR count). The summed E-state index contributed by atoms with van der Waals surface area (Å²) in [4.78, 5) is 4.30. The summed E-state index contributed by atoms with van der Waals surface area (Å²) >= 11 is 1.97. The molecule has 2 atom stereocenters. The van der Waals surface area contributed by atoms with Gasteiger partial charge in [0.25, 0.3) is 0 Å². The first-order chi connectivity index (χ1) is 10.7. The molecule has 0 radical (unpaired) electrons. The lowest BCUT2D eigenvalue weighted by Crippen LogP contribution is -2.43. The molecule has 1 aliphatic rings. The monoisotopic (exact) mass is 449 g/mol. The van der Waals surface area contributed by atoms with Crippen LogP contribution in [0.5, 0.6) is 5.75 Å². The van der Waals surface area contributed by atoms with Crippen LogP contribution in [-0.2, 0) is 0 Å². The standard InChI is InChI=1S/C17H27N3OS.HI/c1-13-6-4-5-7-16(13)21-11-10-19-17(18-2)20-14-8-9-15(12-14)22-3;/h4-7,14-15H,8-12H2,1-3H3,(H2,18,19,20);1H. The van der Waals surface area contributed by atoms with Gasteiger partial charge in [-0.15, -0.1) is 24.0 Å². The van der Waals surface area contributed by atoms with Crippen molar-refractivity contribution >= 4 is 41.7 Å². The van der Waals surface area contributed by atoms with E-state index in [0.29, 0.717) is 12.6 Å². The van der Waals surface area contributed by atoms with Crippen molar-refractivity contribution in [1.29, 1.82) is 0 Å². The molecule has 0 aromatic heterocycles. The Labute approximate surface area is 161 Å². The van der Waals surface area contributed by atoms with Crippen molar-refractivity contribution < 1.29 is 4.74 Å². The number of aliphatic imine (C=N–C) groups is 1. The number of nitrogens with one attached hydrogen (secondary N) is 2. The van der Waals surface area contributed by atoms with Gasteiger partial charge in [0.1, 0.15) is 12.4 Å². The molecule has 6 heteroatoms. The molecule has 130 valence electrons. The number of rotatable bonds is 6. The van der Waals surface area contributed by atoms with Crippen LogP contribution in [0.4, 0.5) is 0 Å². The van der Waals surface area contributed by atoms with E-state index in [0.717, 1.165) is 23.5 Å². The fourth-order valence-electron chi connectivity index (χ4n) is 2.72. The molecular weight excluding hydrogens is 421 g/mol. The topological polar surface area (TPSA) is 45.7 Å². The minimum absolute atomic E-state index is 0. The molecule has 0 amide bonds. The van der Waals surface area contributed by atoms with Crippen LogP contribution in [0.2, 0.25) is 0 Å². The van der Waals surface area contributed by atoms with E-state index >= 15 is 0 Å². The first-order valence-corrected chi connectivity index (χ1v) is 9.20. The highest BCUT2D eigenvalue weighted by Crippen LogP contribution is 2.27. The minimum atomic E-state index is 0. The first kappa shape index (κ1) is 20.4. The zero-order valence-corrected chi connectivity index (χ0v) is 17.3. The molecule has 0 saturated heterocycles. The van der Waals surface area contributed by atoms with Crippen LogP contribution in [0.25, 0.3) is 0 Å². The summed E-state index contributed by atoms with van der Waals surface area (Å²) < 4.78 is 5.79. The van der Waals surface area contributed by atoms with Crippen molar-refractivity contribution in [2.75, 3.05) is 26.5 Å². The predicted molar refractivity (Wildman–Crippen MR) is 112 cm³/mol. The molecule has 2 unspecified atom stereocenters. The maximum Gasteiger partial charge on any atom is 0.191 e. The van der Waals surface area contributed by atoms with Crippen LogP contribution in [0, 0.1) is 6.92 Å². The van der Waals surface area contributed by atoms with Crippen LogP contribution in [0.3, 0.4) is 0 Å². The van der Waals surface area contributed by atoms with Crippen molar-refractivity contribution in [2.24, 2.45) is 4.99 Å². The van der Waals surface area contributed by atoms with Gasteiger partial charge in [0.2, 0.25) is 0 Å². The summed E-state index contributed by atoms with van der Waals surface area (Å²) in [7, 11) is 1.82. The normalized spacial score (nSPS) is 20.7. The van der Waals surface area contributed by atoms with E-state index < -0.39 is 0 Å². The molecule has 23 heavy (non-hydrogen) atoms. The Bertz CT molecular complexity index is 498. The van der Waals surface area contributed by atoms with E-state index in [2.05, 4.69) is 34.9 Å². The van der Waals surface area contributed by atoms with Crippen molar-refractivity contribution in [3.05, 3.63) is 29.8 Å². The van der Waals surface area contributed by atoms with E-state index in [4.69, 9.17) is 4.74 Å². The highest BCUT2D eigenvalue weighted by Gasteiger charge is 2.24. The van der Waals surface area contributed by atoms with Gasteiger partial charge in [0, 0.05) is 18.3 Å². The third kappa shape index (κ3) is 6.79. The number of para-hydroxylation sites is 1. The maximum absolute atomic E-state index is 5.79. The van der Waals surface area contributed by atoms with Crippen molar-refractivity contribution in [1.82, 2.24) is 10.6 Å². The smallest absolute Gasteiger partial charge is 0.191 e. The number of guanidine groups is 1. The van der Waals surface area contributed by atoms with Gasteiger partial charge in [0.05, 0.1) is 6.54 Å². The summed E-state index contributed by atoms with van der Waals surface area (Å²) in [5.74, 6) is 1.82. The summed E-state index contributed by atoms with van der Waals surface area (Å²) in [5, 5.41) is 7.63. The molecule has 0 aliphatic heterocycles. The molecule has 1 aromatic rings. The molecule has 0 heterocycles. The van der Waals surface area contributed by atoms with E-state index in [9.17, 15) is 0 Å². The fourth-order valence-corrected chi connectivity index (χ4v) is 3.52. The largest absolute Gasteiger partial charge is 0.491 e. The van der Waals surface area contributed by atoms with E-state index in [-0.39, 0.29) is 24.0 Å². The Morgan fingerprint density at radius 1 is 1.35 bits per heavy atom. The van der Waals surface area contributed by atoms with E-state index in [1.807, 2.05) is 37.0 Å². The van der Waals surface area contributed by atoms with Gasteiger partial charge in [0.15, 0.2) is 5.96 Å². The quantitative estimate of drug-likeness (QED) is 0.302. The lowest BCUT2D eigenvalue weighted by Gasteiger charge is -2.17. The number of ether oxygens (including phenoxy) is 1. The van der Waals surface area contributed by atoms with Gasteiger partial charge in [-0.1, -0.05) is 18.2 Å². The second-order valence-corrected chi connectivity index (χ2v) is 6.76. The lowest BCUT2D eigenvalue weighted by molar-refractivity contribution is 0.319. The van der Waals surface area contributed by atoms with E-state index in [1.165, 1.54) is 24.8 Å². The third-order valence-electron chi connectivity index (χ3n) is 4.03. The summed E-state index contributed by atoms with van der Waals surface area (Å²) in [6.07, 6.45) is 5.95. The summed E-state index contributed by atoms with van der Waals surface area (Å²) in [6.45, 7) is 3.43. The van der Waals surface area contributed by atoms with Gasteiger partial charge in [-0.05, 0) is 44.1 Å². The Balaban J connectivity index is 0.00000264. The Kier molecular flexibility index (Phi) is 9.78. The van der Waals surface area contributed by atoms with Crippen LogP contribution in [0.15, 0.2) is 29.3 Å². The second-order valence-electron chi connectivity index (χ2n) is 5.62. The van der Waals surface area contributed by atoms with Crippen LogP contribution < -0.4 is 15.4 Å². The molecule has 1 aliphatic carbocycles. The molecular formula is C17H28IN3OS. The van der Waals surface area contributed by atoms with Gasteiger partial charge < -0.3 is 15.4 Å². The Morgan fingerprint density at radius 2 is 2.13 bits per heavy atom. The first-order valence-electron chi connectivity index (χ1n) is 7.91. The van der Waals surface area contributed by atoms with Crippen LogP contribution in [-0.4, -0.2) is 43.7 Å². The average molecular weight is 449 g/mol. The lowest BCUT2D eigenvalue weighted by atomic mass is 10.2.